The van der Waals surface area contributed by atoms with E-state index < -0.39 is 0 Å². The molecule has 4 heteroatoms. The normalized spacial score (nSPS) is 26.3. The lowest BCUT2D eigenvalue weighted by Crippen LogP contribution is -2.19. The molecule has 17 heavy (non-hydrogen) atoms. The van der Waals surface area contributed by atoms with Gasteiger partial charge in [-0.15, -0.1) is 10.2 Å². The molecular weight excluding hydrogens is 230 g/mol. The summed E-state index contributed by atoms with van der Waals surface area (Å²) in [7, 11) is 0. The Labute approximate surface area is 108 Å². The zero-order valence-electron chi connectivity index (χ0n) is 11.1. The number of aromatic nitrogens is 2. The molecule has 1 aliphatic rings. The van der Waals surface area contributed by atoms with E-state index >= 15 is 0 Å². The summed E-state index contributed by atoms with van der Waals surface area (Å²) in [5.74, 6) is 1.45. The molecule has 0 radical (unpaired) electrons. The average molecular weight is 253 g/mol. The van der Waals surface area contributed by atoms with Gasteiger partial charge in [0.25, 0.3) is 0 Å². The van der Waals surface area contributed by atoms with Crippen LogP contribution in [0.5, 0.6) is 0 Å². The molecule has 0 aromatic carbocycles. The zero-order chi connectivity index (χ0) is 12.3. The second-order valence-electron chi connectivity index (χ2n) is 5.01. The van der Waals surface area contributed by atoms with Crippen molar-refractivity contribution in [3.63, 3.8) is 0 Å². The van der Waals surface area contributed by atoms with Crippen molar-refractivity contribution in [3.8, 4) is 0 Å². The standard InChI is InChI=1S/C13H23N3S/c1-4-11(14-5-2)13-16-15-12(17-13)10-8-6-7-9(10)3/h9-11,14H,4-8H2,1-3H3. The molecule has 0 aliphatic heterocycles. The lowest BCUT2D eigenvalue weighted by Gasteiger charge is -2.12. The Bertz CT molecular complexity index is 350. The van der Waals surface area contributed by atoms with Gasteiger partial charge in [0.15, 0.2) is 0 Å². The van der Waals surface area contributed by atoms with Crippen molar-refractivity contribution in [1.82, 2.24) is 15.5 Å². The zero-order valence-corrected chi connectivity index (χ0v) is 11.9. The van der Waals surface area contributed by atoms with Crippen LogP contribution in [0, 0.1) is 5.92 Å². The van der Waals surface area contributed by atoms with Gasteiger partial charge < -0.3 is 5.32 Å². The summed E-state index contributed by atoms with van der Waals surface area (Å²) < 4.78 is 0. The Balaban J connectivity index is 2.09. The summed E-state index contributed by atoms with van der Waals surface area (Å²) in [6, 6.07) is 0.392. The molecule has 1 fully saturated rings. The van der Waals surface area contributed by atoms with Gasteiger partial charge in [-0.3, -0.25) is 0 Å². The van der Waals surface area contributed by atoms with Gasteiger partial charge in [-0.2, -0.15) is 0 Å². The highest BCUT2D eigenvalue weighted by molar-refractivity contribution is 7.11. The molecule has 3 unspecified atom stereocenters. The van der Waals surface area contributed by atoms with E-state index in [0.29, 0.717) is 12.0 Å². The highest BCUT2D eigenvalue weighted by Gasteiger charge is 2.28. The number of rotatable bonds is 5. The molecular formula is C13H23N3S. The first kappa shape index (κ1) is 13.0. The SMILES string of the molecule is CCNC(CC)c1nnc(C2CCCC2C)s1. The fourth-order valence-electron chi connectivity index (χ4n) is 2.70. The first-order chi connectivity index (χ1) is 8.26. The van der Waals surface area contributed by atoms with Crippen LogP contribution in [0.1, 0.15) is 68.4 Å². The molecule has 0 bridgehead atoms. The second kappa shape index (κ2) is 5.91. The van der Waals surface area contributed by atoms with Crippen LogP contribution in [0.15, 0.2) is 0 Å². The topological polar surface area (TPSA) is 37.8 Å². The molecule has 1 aliphatic carbocycles. The van der Waals surface area contributed by atoms with Crippen molar-refractivity contribution in [2.45, 2.75) is 58.4 Å². The molecule has 0 spiro atoms. The Morgan fingerprint density at radius 1 is 1.35 bits per heavy atom. The maximum absolute atomic E-state index is 4.43. The maximum Gasteiger partial charge on any atom is 0.134 e. The van der Waals surface area contributed by atoms with E-state index in [2.05, 4.69) is 36.3 Å². The molecule has 1 N–H and O–H groups in total. The Morgan fingerprint density at radius 2 is 2.18 bits per heavy atom. The smallest absolute Gasteiger partial charge is 0.134 e. The molecule has 3 nitrogen and oxygen atoms in total. The lowest BCUT2D eigenvalue weighted by atomic mass is 9.99. The predicted molar refractivity (Wildman–Crippen MR) is 72.4 cm³/mol. The van der Waals surface area contributed by atoms with Crippen LogP contribution in [0.25, 0.3) is 0 Å². The van der Waals surface area contributed by atoms with Crippen LogP contribution in [0.4, 0.5) is 0 Å². The minimum Gasteiger partial charge on any atom is -0.308 e. The molecule has 1 aromatic rings. The van der Waals surface area contributed by atoms with Gasteiger partial charge >= 0.3 is 0 Å². The van der Waals surface area contributed by atoms with Crippen molar-refractivity contribution in [3.05, 3.63) is 10.0 Å². The highest BCUT2D eigenvalue weighted by Crippen LogP contribution is 2.40. The first-order valence-corrected chi connectivity index (χ1v) is 7.64. The fourth-order valence-corrected chi connectivity index (χ4v) is 3.97. The molecule has 96 valence electrons. The number of nitrogens with one attached hydrogen (secondary N) is 1. The Hall–Kier alpha value is -0.480. The molecule has 1 heterocycles. The third-order valence-electron chi connectivity index (χ3n) is 3.79. The van der Waals surface area contributed by atoms with Crippen molar-refractivity contribution < 1.29 is 0 Å². The summed E-state index contributed by atoms with van der Waals surface area (Å²) in [4.78, 5) is 0. The van der Waals surface area contributed by atoms with Gasteiger partial charge in [0, 0.05) is 5.92 Å². The molecule has 0 amide bonds. The summed E-state index contributed by atoms with van der Waals surface area (Å²) in [6.45, 7) is 7.68. The average Bonchev–Trinajstić information content (AvgIpc) is 2.94. The van der Waals surface area contributed by atoms with Crippen LogP contribution < -0.4 is 5.32 Å². The van der Waals surface area contributed by atoms with E-state index in [9.17, 15) is 0 Å². The number of hydrogen-bond donors (Lipinski definition) is 1. The summed E-state index contributed by atoms with van der Waals surface area (Å²) in [5, 5.41) is 14.7. The van der Waals surface area contributed by atoms with Gasteiger partial charge in [0.1, 0.15) is 10.0 Å². The molecule has 2 rings (SSSR count). The largest absolute Gasteiger partial charge is 0.308 e. The fraction of sp³-hybridized carbons (Fsp3) is 0.846. The predicted octanol–water partition coefficient (Wildman–Crippen LogP) is 3.50. The van der Waals surface area contributed by atoms with Crippen LogP contribution in [0.3, 0.4) is 0 Å². The number of hydrogen-bond acceptors (Lipinski definition) is 4. The van der Waals surface area contributed by atoms with Crippen molar-refractivity contribution >= 4 is 11.3 Å². The molecule has 1 aromatic heterocycles. The van der Waals surface area contributed by atoms with Gasteiger partial charge in [-0.05, 0) is 25.3 Å². The number of nitrogens with zero attached hydrogens (tertiary/aromatic N) is 2. The molecule has 1 saturated carbocycles. The maximum atomic E-state index is 4.43. The van der Waals surface area contributed by atoms with E-state index in [4.69, 9.17) is 0 Å². The van der Waals surface area contributed by atoms with Crippen LogP contribution >= 0.6 is 11.3 Å². The molecule has 3 atom stereocenters. The van der Waals surface area contributed by atoms with E-state index in [1.807, 2.05) is 11.3 Å². The van der Waals surface area contributed by atoms with Gasteiger partial charge in [0.05, 0.1) is 6.04 Å². The van der Waals surface area contributed by atoms with Crippen molar-refractivity contribution in [1.29, 1.82) is 0 Å². The lowest BCUT2D eigenvalue weighted by molar-refractivity contribution is 0.521. The van der Waals surface area contributed by atoms with E-state index in [-0.39, 0.29) is 0 Å². The minimum atomic E-state index is 0.392. The van der Waals surface area contributed by atoms with E-state index in [1.54, 1.807) is 0 Å². The molecule has 0 saturated heterocycles. The van der Waals surface area contributed by atoms with Crippen LogP contribution in [0.2, 0.25) is 0 Å². The van der Waals surface area contributed by atoms with E-state index in [1.165, 1.54) is 29.3 Å². The van der Waals surface area contributed by atoms with Crippen LogP contribution in [-0.2, 0) is 0 Å². The monoisotopic (exact) mass is 253 g/mol. The summed E-state index contributed by atoms with van der Waals surface area (Å²) >= 11 is 1.82. The minimum absolute atomic E-state index is 0.392. The Morgan fingerprint density at radius 3 is 2.76 bits per heavy atom. The van der Waals surface area contributed by atoms with Crippen molar-refractivity contribution in [2.75, 3.05) is 6.54 Å². The third kappa shape index (κ3) is 2.86. The third-order valence-corrected chi connectivity index (χ3v) is 4.96. The van der Waals surface area contributed by atoms with Gasteiger partial charge in [0.2, 0.25) is 0 Å². The van der Waals surface area contributed by atoms with E-state index in [0.717, 1.165) is 18.9 Å². The van der Waals surface area contributed by atoms with Gasteiger partial charge in [-0.1, -0.05) is 44.9 Å². The second-order valence-corrected chi connectivity index (χ2v) is 6.05. The Kier molecular flexibility index (Phi) is 4.51. The van der Waals surface area contributed by atoms with Gasteiger partial charge in [-0.25, -0.2) is 0 Å². The summed E-state index contributed by atoms with van der Waals surface area (Å²) in [5.41, 5.74) is 0. The van der Waals surface area contributed by atoms with Crippen LogP contribution in [-0.4, -0.2) is 16.7 Å². The first-order valence-electron chi connectivity index (χ1n) is 6.82. The van der Waals surface area contributed by atoms with Crippen molar-refractivity contribution in [2.24, 2.45) is 5.92 Å². The highest BCUT2D eigenvalue weighted by atomic mass is 32.1. The summed E-state index contributed by atoms with van der Waals surface area (Å²) in [6.07, 6.45) is 5.09. The quantitative estimate of drug-likeness (QED) is 0.872.